The highest BCUT2D eigenvalue weighted by Gasteiger charge is 1.98. The van der Waals surface area contributed by atoms with Crippen molar-refractivity contribution in [3.63, 3.8) is 0 Å². The number of hydrogen-bond donors (Lipinski definition) is 1. The Hall–Kier alpha value is -2.42. The fraction of sp³-hybridized carbons (Fsp3) is 0.0667. The van der Waals surface area contributed by atoms with Crippen molar-refractivity contribution in [1.29, 1.82) is 0 Å². The van der Waals surface area contributed by atoms with Gasteiger partial charge < -0.3 is 5.11 Å². The maximum atomic E-state index is 10.4. The topological polar surface area (TPSA) is 50.2 Å². The second kappa shape index (κ2) is 5.27. The molecule has 90 valence electrons. The predicted octanol–water partition coefficient (Wildman–Crippen LogP) is 3.15. The van der Waals surface area contributed by atoms with Crippen LogP contribution in [-0.4, -0.2) is 16.1 Å². The molecule has 0 radical (unpaired) electrons. The Kier molecular flexibility index (Phi) is 3.53. The number of carbonyl (C=O) groups is 1. The van der Waals surface area contributed by atoms with E-state index in [0.717, 1.165) is 28.5 Å². The molecule has 0 saturated heterocycles. The van der Waals surface area contributed by atoms with Crippen LogP contribution in [0.4, 0.5) is 0 Å². The van der Waals surface area contributed by atoms with Crippen LogP contribution in [0.1, 0.15) is 11.1 Å². The summed E-state index contributed by atoms with van der Waals surface area (Å²) in [5, 5.41) is 8.54. The molecule has 3 heteroatoms. The second-order valence-corrected chi connectivity index (χ2v) is 4.01. The zero-order valence-electron chi connectivity index (χ0n) is 10.00. The fourth-order valence-electron chi connectivity index (χ4n) is 1.57. The Morgan fingerprint density at radius 3 is 2.44 bits per heavy atom. The predicted molar refractivity (Wildman–Crippen MR) is 71.1 cm³/mol. The van der Waals surface area contributed by atoms with Gasteiger partial charge in [-0.3, -0.25) is 4.98 Å². The summed E-state index contributed by atoms with van der Waals surface area (Å²) in [5.41, 5.74) is 3.91. The number of aryl methyl sites for hydroxylation is 1. The third-order valence-corrected chi connectivity index (χ3v) is 2.54. The van der Waals surface area contributed by atoms with E-state index < -0.39 is 5.97 Å². The number of benzene rings is 1. The van der Waals surface area contributed by atoms with Crippen molar-refractivity contribution in [3.05, 3.63) is 59.8 Å². The highest BCUT2D eigenvalue weighted by molar-refractivity contribution is 5.85. The van der Waals surface area contributed by atoms with Gasteiger partial charge in [0.15, 0.2) is 0 Å². The van der Waals surface area contributed by atoms with Gasteiger partial charge in [-0.05, 0) is 30.2 Å². The smallest absolute Gasteiger partial charge is 0.328 e. The molecule has 1 aromatic carbocycles. The number of carboxylic acids is 1. The minimum absolute atomic E-state index is 0.855. The molecule has 0 aliphatic rings. The lowest BCUT2D eigenvalue weighted by molar-refractivity contribution is -0.131. The third kappa shape index (κ3) is 3.04. The van der Waals surface area contributed by atoms with Crippen molar-refractivity contribution < 1.29 is 9.90 Å². The lowest BCUT2D eigenvalue weighted by Gasteiger charge is -2.01. The molecular weight excluding hydrogens is 226 g/mol. The van der Waals surface area contributed by atoms with Crippen molar-refractivity contribution >= 4 is 12.0 Å². The number of aromatic nitrogens is 1. The van der Waals surface area contributed by atoms with Crippen LogP contribution in [0.2, 0.25) is 0 Å². The molecule has 1 aromatic heterocycles. The number of rotatable bonds is 3. The summed E-state index contributed by atoms with van der Waals surface area (Å²) >= 11 is 0. The minimum atomic E-state index is -0.945. The summed E-state index contributed by atoms with van der Waals surface area (Å²) in [6.45, 7) is 2.00. The van der Waals surface area contributed by atoms with Gasteiger partial charge in [0.05, 0.1) is 5.69 Å². The summed E-state index contributed by atoms with van der Waals surface area (Å²) in [7, 11) is 0. The van der Waals surface area contributed by atoms with Crippen LogP contribution in [0.3, 0.4) is 0 Å². The summed E-state index contributed by atoms with van der Waals surface area (Å²) in [6, 6.07) is 11.6. The van der Waals surface area contributed by atoms with Crippen LogP contribution in [0.25, 0.3) is 17.3 Å². The van der Waals surface area contributed by atoms with E-state index in [2.05, 4.69) is 4.98 Å². The summed E-state index contributed by atoms with van der Waals surface area (Å²) < 4.78 is 0. The van der Waals surface area contributed by atoms with E-state index in [0.29, 0.717) is 0 Å². The number of hydrogen-bond acceptors (Lipinski definition) is 2. The van der Waals surface area contributed by atoms with Gasteiger partial charge in [0.1, 0.15) is 0 Å². The van der Waals surface area contributed by atoms with E-state index in [9.17, 15) is 4.79 Å². The second-order valence-electron chi connectivity index (χ2n) is 4.01. The standard InChI is InChI=1S/C15H13NO2/c1-11-2-8-14(16-10-11)13-6-3-12(4-7-13)5-9-15(17)18/h2-10H,1H3,(H,17,18). The molecule has 2 aromatic rings. The molecule has 0 aliphatic carbocycles. The van der Waals surface area contributed by atoms with Crippen molar-refractivity contribution in [2.45, 2.75) is 6.92 Å². The van der Waals surface area contributed by atoms with Crippen molar-refractivity contribution in [2.24, 2.45) is 0 Å². The van der Waals surface area contributed by atoms with Gasteiger partial charge in [0.2, 0.25) is 0 Å². The maximum Gasteiger partial charge on any atom is 0.328 e. The van der Waals surface area contributed by atoms with Gasteiger partial charge in [0, 0.05) is 17.8 Å². The molecular formula is C15H13NO2. The van der Waals surface area contributed by atoms with E-state index in [1.54, 1.807) is 6.08 Å². The van der Waals surface area contributed by atoms with E-state index in [1.807, 2.05) is 49.5 Å². The average molecular weight is 239 g/mol. The number of carboxylic acid groups (broad SMARTS) is 1. The lowest BCUT2D eigenvalue weighted by Crippen LogP contribution is -1.86. The van der Waals surface area contributed by atoms with Gasteiger partial charge in [-0.15, -0.1) is 0 Å². The van der Waals surface area contributed by atoms with Crippen LogP contribution >= 0.6 is 0 Å². The fourth-order valence-corrected chi connectivity index (χ4v) is 1.57. The highest BCUT2D eigenvalue weighted by Crippen LogP contribution is 2.18. The zero-order chi connectivity index (χ0) is 13.0. The summed E-state index contributed by atoms with van der Waals surface area (Å²) in [4.78, 5) is 14.7. The van der Waals surface area contributed by atoms with Crippen LogP contribution in [-0.2, 0) is 4.79 Å². The first-order valence-electron chi connectivity index (χ1n) is 5.59. The first-order valence-corrected chi connectivity index (χ1v) is 5.59. The van der Waals surface area contributed by atoms with Gasteiger partial charge in [-0.1, -0.05) is 30.3 Å². The molecule has 0 bridgehead atoms. The number of nitrogens with zero attached hydrogens (tertiary/aromatic N) is 1. The molecule has 2 rings (SSSR count). The quantitative estimate of drug-likeness (QED) is 0.837. The normalized spacial score (nSPS) is 10.7. The molecule has 0 aliphatic heterocycles. The van der Waals surface area contributed by atoms with Gasteiger partial charge in [0.25, 0.3) is 0 Å². The Bertz CT molecular complexity index is 568. The van der Waals surface area contributed by atoms with Crippen molar-refractivity contribution in [1.82, 2.24) is 4.98 Å². The molecule has 0 atom stereocenters. The lowest BCUT2D eigenvalue weighted by atomic mass is 10.1. The zero-order valence-corrected chi connectivity index (χ0v) is 10.00. The molecule has 1 heterocycles. The average Bonchev–Trinajstić information content (AvgIpc) is 2.38. The molecule has 0 saturated carbocycles. The number of pyridine rings is 1. The number of aliphatic carboxylic acids is 1. The molecule has 1 N–H and O–H groups in total. The van der Waals surface area contributed by atoms with E-state index in [4.69, 9.17) is 5.11 Å². The first kappa shape index (κ1) is 12.0. The van der Waals surface area contributed by atoms with E-state index in [1.165, 1.54) is 0 Å². The van der Waals surface area contributed by atoms with Gasteiger partial charge in [-0.25, -0.2) is 4.79 Å². The maximum absolute atomic E-state index is 10.4. The highest BCUT2D eigenvalue weighted by atomic mass is 16.4. The molecule has 0 spiro atoms. The molecule has 3 nitrogen and oxygen atoms in total. The largest absolute Gasteiger partial charge is 0.478 e. The monoisotopic (exact) mass is 239 g/mol. The van der Waals surface area contributed by atoms with Gasteiger partial charge >= 0.3 is 5.97 Å². The summed E-state index contributed by atoms with van der Waals surface area (Å²) in [5.74, 6) is -0.945. The minimum Gasteiger partial charge on any atom is -0.478 e. The summed E-state index contributed by atoms with van der Waals surface area (Å²) in [6.07, 6.45) is 4.52. The first-order chi connectivity index (χ1) is 8.65. The molecule has 0 fully saturated rings. The van der Waals surface area contributed by atoms with Crippen LogP contribution < -0.4 is 0 Å². The Labute approximate surface area is 105 Å². The van der Waals surface area contributed by atoms with Crippen molar-refractivity contribution in [2.75, 3.05) is 0 Å². The molecule has 18 heavy (non-hydrogen) atoms. The Morgan fingerprint density at radius 1 is 1.17 bits per heavy atom. The Morgan fingerprint density at radius 2 is 1.89 bits per heavy atom. The molecule has 0 amide bonds. The van der Waals surface area contributed by atoms with Gasteiger partial charge in [-0.2, -0.15) is 0 Å². The third-order valence-electron chi connectivity index (χ3n) is 2.54. The van der Waals surface area contributed by atoms with Crippen LogP contribution in [0.15, 0.2) is 48.7 Å². The molecule has 0 unspecified atom stereocenters. The van der Waals surface area contributed by atoms with E-state index in [-0.39, 0.29) is 0 Å². The van der Waals surface area contributed by atoms with Crippen molar-refractivity contribution in [3.8, 4) is 11.3 Å². The van der Waals surface area contributed by atoms with Crippen LogP contribution in [0.5, 0.6) is 0 Å². The SMILES string of the molecule is Cc1ccc(-c2ccc(C=CC(=O)O)cc2)nc1. The van der Waals surface area contributed by atoms with E-state index >= 15 is 0 Å². The Balaban J connectivity index is 2.22. The van der Waals surface area contributed by atoms with Crippen LogP contribution in [0, 0.1) is 6.92 Å².